The first-order chi connectivity index (χ1) is 14.6. The average molecular weight is 418 g/mol. The Bertz CT molecular complexity index is 765. The summed E-state index contributed by atoms with van der Waals surface area (Å²) in [5, 5.41) is 12.5. The molecule has 2 fully saturated rings. The Morgan fingerprint density at radius 3 is 2.70 bits per heavy atom. The van der Waals surface area contributed by atoms with Gasteiger partial charge in [-0.15, -0.1) is 0 Å². The van der Waals surface area contributed by atoms with Gasteiger partial charge >= 0.3 is 0 Å². The number of nitrogens with one attached hydrogen (secondary N) is 1. The van der Waals surface area contributed by atoms with Crippen molar-refractivity contribution in [3.8, 4) is 0 Å². The topological polar surface area (TPSA) is 67.8 Å². The molecule has 0 aromatic heterocycles. The first kappa shape index (κ1) is 21.3. The first-order valence-electron chi connectivity index (χ1n) is 11.3. The van der Waals surface area contributed by atoms with Crippen LogP contribution in [-0.4, -0.2) is 36.6 Å². The van der Waals surface area contributed by atoms with Crippen LogP contribution >= 0.6 is 0 Å². The number of benzene rings is 1. The molecule has 164 valence electrons. The number of halogens is 1. The zero-order chi connectivity index (χ0) is 21.1. The third-order valence-electron chi connectivity index (χ3n) is 6.94. The van der Waals surface area contributed by atoms with E-state index in [4.69, 9.17) is 9.47 Å². The molecule has 3 aliphatic rings. The van der Waals surface area contributed by atoms with E-state index in [1.165, 1.54) is 31.4 Å². The van der Waals surface area contributed by atoms with Crippen LogP contribution < -0.4 is 5.32 Å². The second-order valence-electron chi connectivity index (χ2n) is 8.83. The smallest absolute Gasteiger partial charge is 0.286 e. The fourth-order valence-electron chi connectivity index (χ4n) is 5.49. The molecule has 3 unspecified atom stereocenters. The number of aliphatic hydroxyl groups excluding tert-OH is 1. The summed E-state index contributed by atoms with van der Waals surface area (Å²) in [7, 11) is 0. The van der Waals surface area contributed by atoms with Crippen LogP contribution in [0.2, 0.25) is 0 Å². The SMILES string of the molecule is CCO[C@@H]1OC(C(=O)NC2CC3CCC2C3)=C[C@H](c2ccc(F)cc2)[C@H]1CCCO. The van der Waals surface area contributed by atoms with Gasteiger partial charge in [-0.2, -0.15) is 0 Å². The summed E-state index contributed by atoms with van der Waals surface area (Å²) in [6, 6.07) is 6.60. The minimum absolute atomic E-state index is 0.0680. The molecule has 2 aliphatic carbocycles. The van der Waals surface area contributed by atoms with Crippen molar-refractivity contribution in [3.63, 3.8) is 0 Å². The summed E-state index contributed by atoms with van der Waals surface area (Å²) >= 11 is 0. The highest BCUT2D eigenvalue weighted by Gasteiger charge is 2.42. The van der Waals surface area contributed by atoms with Gasteiger partial charge in [0.25, 0.3) is 5.91 Å². The number of amides is 1. The highest BCUT2D eigenvalue weighted by molar-refractivity contribution is 5.92. The van der Waals surface area contributed by atoms with Crippen LogP contribution in [0.15, 0.2) is 36.1 Å². The number of ether oxygens (including phenoxy) is 2. The predicted octanol–water partition coefficient (Wildman–Crippen LogP) is 3.88. The molecule has 1 aliphatic heterocycles. The fraction of sp³-hybridized carbons (Fsp3) is 0.625. The molecule has 1 amide bonds. The van der Waals surface area contributed by atoms with Crippen LogP contribution in [0.1, 0.15) is 56.9 Å². The zero-order valence-corrected chi connectivity index (χ0v) is 17.6. The molecule has 30 heavy (non-hydrogen) atoms. The summed E-state index contributed by atoms with van der Waals surface area (Å²) in [5.74, 6) is 0.904. The Kier molecular flexibility index (Phi) is 6.74. The zero-order valence-electron chi connectivity index (χ0n) is 17.6. The van der Waals surface area contributed by atoms with Gasteiger partial charge in [-0.3, -0.25) is 4.79 Å². The van der Waals surface area contributed by atoms with Gasteiger partial charge < -0.3 is 19.9 Å². The number of hydrogen-bond donors (Lipinski definition) is 2. The molecule has 6 heteroatoms. The van der Waals surface area contributed by atoms with Gasteiger partial charge in [0.2, 0.25) is 6.29 Å². The fourth-order valence-corrected chi connectivity index (χ4v) is 5.49. The highest BCUT2D eigenvalue weighted by atomic mass is 19.1. The Morgan fingerprint density at radius 2 is 2.07 bits per heavy atom. The van der Waals surface area contributed by atoms with E-state index in [2.05, 4.69) is 5.32 Å². The standard InChI is InChI=1S/C24H32FNO4/c1-2-29-24-19(4-3-11-27)20(16-7-9-18(25)10-8-16)14-22(30-24)23(28)26-21-13-15-5-6-17(21)12-15/h7-10,14-15,17,19-21,24,27H,2-6,11-13H2,1H3,(H,26,28)/t15?,17?,19-,20-,21?,24-/m1/s1. The van der Waals surface area contributed by atoms with Crippen LogP contribution in [-0.2, 0) is 14.3 Å². The summed E-state index contributed by atoms with van der Waals surface area (Å²) in [5.41, 5.74) is 0.914. The van der Waals surface area contributed by atoms with Gasteiger partial charge in [0.05, 0.1) is 0 Å². The molecule has 5 nitrogen and oxygen atoms in total. The lowest BCUT2D eigenvalue weighted by atomic mass is 9.80. The predicted molar refractivity (Wildman–Crippen MR) is 111 cm³/mol. The molecular formula is C24H32FNO4. The van der Waals surface area contributed by atoms with Crippen molar-refractivity contribution in [2.24, 2.45) is 17.8 Å². The third kappa shape index (κ3) is 4.54. The van der Waals surface area contributed by atoms with Crippen molar-refractivity contribution < 1.29 is 23.8 Å². The Morgan fingerprint density at radius 1 is 1.27 bits per heavy atom. The number of carbonyl (C=O) groups excluding carboxylic acids is 1. The van der Waals surface area contributed by atoms with Crippen molar-refractivity contribution in [1.82, 2.24) is 5.32 Å². The maximum absolute atomic E-state index is 13.5. The number of carbonyl (C=O) groups is 1. The number of hydrogen-bond acceptors (Lipinski definition) is 4. The molecule has 0 saturated heterocycles. The monoisotopic (exact) mass is 417 g/mol. The van der Waals surface area contributed by atoms with Crippen LogP contribution in [0.4, 0.5) is 4.39 Å². The van der Waals surface area contributed by atoms with Gasteiger partial charge in [-0.1, -0.05) is 18.6 Å². The Labute approximate surface area is 177 Å². The van der Waals surface area contributed by atoms with Gasteiger partial charge in [0, 0.05) is 31.1 Å². The molecular weight excluding hydrogens is 385 g/mol. The second-order valence-corrected chi connectivity index (χ2v) is 8.83. The molecule has 1 aromatic carbocycles. The van der Waals surface area contributed by atoms with Crippen molar-refractivity contribution in [2.75, 3.05) is 13.2 Å². The molecule has 0 radical (unpaired) electrons. The number of allylic oxidation sites excluding steroid dienone is 1. The maximum Gasteiger partial charge on any atom is 0.286 e. The molecule has 2 saturated carbocycles. The summed E-state index contributed by atoms with van der Waals surface area (Å²) in [4.78, 5) is 13.1. The first-order valence-corrected chi connectivity index (χ1v) is 11.3. The molecule has 0 spiro atoms. The van der Waals surface area contributed by atoms with Gasteiger partial charge in [0.15, 0.2) is 5.76 Å². The van der Waals surface area contributed by atoms with E-state index >= 15 is 0 Å². The lowest BCUT2D eigenvalue weighted by Gasteiger charge is -2.37. The minimum Gasteiger partial charge on any atom is -0.459 e. The average Bonchev–Trinajstić information content (AvgIpc) is 3.36. The lowest BCUT2D eigenvalue weighted by molar-refractivity contribution is -0.167. The van der Waals surface area contributed by atoms with E-state index in [0.29, 0.717) is 25.4 Å². The maximum atomic E-state index is 13.5. The van der Waals surface area contributed by atoms with Gasteiger partial charge in [0.1, 0.15) is 5.82 Å². The quantitative estimate of drug-likeness (QED) is 0.674. The van der Waals surface area contributed by atoms with Crippen molar-refractivity contribution >= 4 is 5.91 Å². The third-order valence-corrected chi connectivity index (χ3v) is 6.94. The Hall–Kier alpha value is -1.92. The number of aliphatic hydroxyl groups is 1. The van der Waals surface area contributed by atoms with E-state index < -0.39 is 6.29 Å². The Balaban J connectivity index is 1.58. The van der Waals surface area contributed by atoms with E-state index in [9.17, 15) is 14.3 Å². The lowest BCUT2D eigenvalue weighted by Crippen LogP contribution is -2.43. The highest BCUT2D eigenvalue weighted by Crippen LogP contribution is 2.45. The molecule has 2 N–H and O–H groups in total. The molecule has 1 aromatic rings. The molecule has 1 heterocycles. The molecule has 4 rings (SSSR count). The summed E-state index contributed by atoms with van der Waals surface area (Å²) < 4.78 is 25.4. The van der Waals surface area contributed by atoms with E-state index in [-0.39, 0.29) is 42.0 Å². The van der Waals surface area contributed by atoms with E-state index in [0.717, 1.165) is 17.9 Å². The van der Waals surface area contributed by atoms with Crippen molar-refractivity contribution in [1.29, 1.82) is 0 Å². The van der Waals surface area contributed by atoms with Crippen LogP contribution in [0.3, 0.4) is 0 Å². The van der Waals surface area contributed by atoms with E-state index in [1.807, 2.05) is 13.0 Å². The van der Waals surface area contributed by atoms with Crippen molar-refractivity contribution in [2.45, 2.75) is 63.7 Å². The largest absolute Gasteiger partial charge is 0.459 e. The minimum atomic E-state index is -0.581. The van der Waals surface area contributed by atoms with Crippen LogP contribution in [0, 0.1) is 23.6 Å². The number of rotatable bonds is 8. The van der Waals surface area contributed by atoms with E-state index in [1.54, 1.807) is 12.1 Å². The molecule has 6 atom stereocenters. The van der Waals surface area contributed by atoms with Crippen LogP contribution in [0.5, 0.6) is 0 Å². The summed E-state index contributed by atoms with van der Waals surface area (Å²) in [6.45, 7) is 2.43. The molecule has 2 bridgehead atoms. The number of fused-ring (bicyclic) bond motifs is 2. The van der Waals surface area contributed by atoms with Crippen molar-refractivity contribution in [3.05, 3.63) is 47.5 Å². The van der Waals surface area contributed by atoms with Crippen LogP contribution in [0.25, 0.3) is 0 Å². The van der Waals surface area contributed by atoms with Gasteiger partial charge in [-0.25, -0.2) is 4.39 Å². The van der Waals surface area contributed by atoms with Gasteiger partial charge in [-0.05, 0) is 74.6 Å². The normalized spacial score (nSPS) is 32.6. The summed E-state index contributed by atoms with van der Waals surface area (Å²) in [6.07, 6.45) is 7.31. The second kappa shape index (κ2) is 9.48.